The molecule has 0 amide bonds. The van der Waals surface area contributed by atoms with Crippen molar-refractivity contribution in [3.63, 3.8) is 0 Å². The molecule has 0 atom stereocenters. The summed E-state index contributed by atoms with van der Waals surface area (Å²) >= 11 is 9.39. The highest BCUT2D eigenvalue weighted by Gasteiger charge is 2.11. The first-order valence-corrected chi connectivity index (χ1v) is 5.71. The van der Waals surface area contributed by atoms with Gasteiger partial charge in [-0.2, -0.15) is 5.10 Å². The van der Waals surface area contributed by atoms with Crippen molar-refractivity contribution in [3.8, 4) is 11.3 Å². The Labute approximate surface area is 102 Å². The van der Waals surface area contributed by atoms with Crippen molar-refractivity contribution in [2.24, 2.45) is 7.05 Å². The summed E-state index contributed by atoms with van der Waals surface area (Å²) in [4.78, 5) is 0. The zero-order valence-electron chi connectivity index (χ0n) is 8.46. The van der Waals surface area contributed by atoms with Crippen molar-refractivity contribution in [3.05, 3.63) is 39.5 Å². The van der Waals surface area contributed by atoms with Gasteiger partial charge in [-0.15, -0.1) is 0 Å². The highest BCUT2D eigenvalue weighted by Crippen LogP contribution is 2.30. The monoisotopic (exact) mass is 284 g/mol. The molecule has 0 unspecified atom stereocenters. The lowest BCUT2D eigenvalue weighted by molar-refractivity contribution is 0.764. The van der Waals surface area contributed by atoms with E-state index in [1.54, 1.807) is 0 Å². The second kappa shape index (κ2) is 3.99. The van der Waals surface area contributed by atoms with Crippen LogP contribution >= 0.6 is 27.5 Å². The highest BCUT2D eigenvalue weighted by molar-refractivity contribution is 9.10. The fourth-order valence-corrected chi connectivity index (χ4v) is 2.24. The molecule has 0 radical (unpaired) electrons. The lowest BCUT2D eigenvalue weighted by Gasteiger charge is -2.02. The lowest BCUT2D eigenvalue weighted by atomic mass is 10.1. The molecule has 0 saturated carbocycles. The third-order valence-electron chi connectivity index (χ3n) is 2.27. The number of hydrogen-bond donors (Lipinski definition) is 0. The molecule has 0 fully saturated rings. The van der Waals surface area contributed by atoms with E-state index in [-0.39, 0.29) is 0 Å². The number of aromatic nitrogens is 2. The van der Waals surface area contributed by atoms with Gasteiger partial charge in [0.1, 0.15) is 0 Å². The van der Waals surface area contributed by atoms with Gasteiger partial charge in [0.15, 0.2) is 0 Å². The molecule has 2 aromatic rings. The summed E-state index contributed by atoms with van der Waals surface area (Å²) in [5.41, 5.74) is 3.17. The summed E-state index contributed by atoms with van der Waals surface area (Å²) in [5.74, 6) is 0. The number of hydrogen-bond acceptors (Lipinski definition) is 1. The summed E-state index contributed by atoms with van der Waals surface area (Å²) in [7, 11) is 1.93. The van der Waals surface area contributed by atoms with Crippen LogP contribution in [0.3, 0.4) is 0 Å². The Bertz CT molecular complexity index is 488. The molecule has 0 bridgehead atoms. The van der Waals surface area contributed by atoms with E-state index in [1.807, 2.05) is 42.9 Å². The Morgan fingerprint density at radius 2 is 1.87 bits per heavy atom. The van der Waals surface area contributed by atoms with Crippen molar-refractivity contribution in [1.29, 1.82) is 0 Å². The van der Waals surface area contributed by atoms with Gasteiger partial charge in [0.2, 0.25) is 0 Å². The Balaban J connectivity index is 2.58. The summed E-state index contributed by atoms with van der Waals surface area (Å²) in [5, 5.41) is 5.09. The van der Waals surface area contributed by atoms with Gasteiger partial charge >= 0.3 is 0 Å². The van der Waals surface area contributed by atoms with Gasteiger partial charge in [-0.3, -0.25) is 4.68 Å². The molecule has 15 heavy (non-hydrogen) atoms. The number of aryl methyl sites for hydroxylation is 2. The number of halogens is 2. The van der Waals surface area contributed by atoms with E-state index in [0.717, 1.165) is 26.4 Å². The van der Waals surface area contributed by atoms with Crippen LogP contribution in [-0.2, 0) is 7.05 Å². The summed E-state index contributed by atoms with van der Waals surface area (Å²) in [6.45, 7) is 1.98. The van der Waals surface area contributed by atoms with Crippen molar-refractivity contribution in [1.82, 2.24) is 9.78 Å². The van der Waals surface area contributed by atoms with Crippen molar-refractivity contribution < 1.29 is 0 Å². The topological polar surface area (TPSA) is 17.8 Å². The van der Waals surface area contributed by atoms with E-state index in [0.29, 0.717) is 0 Å². The molecule has 0 N–H and O–H groups in total. The minimum Gasteiger partial charge on any atom is -0.266 e. The zero-order valence-corrected chi connectivity index (χ0v) is 10.8. The van der Waals surface area contributed by atoms with E-state index in [9.17, 15) is 0 Å². The summed E-state index contributed by atoms with van der Waals surface area (Å²) < 4.78 is 2.90. The second-order valence-electron chi connectivity index (χ2n) is 3.38. The third kappa shape index (κ3) is 1.94. The smallest absolute Gasteiger partial charge is 0.0824 e. The molecule has 0 aliphatic heterocycles. The maximum Gasteiger partial charge on any atom is 0.0824 e. The molecule has 2 rings (SSSR count). The molecule has 0 saturated heterocycles. The minimum absolute atomic E-state index is 0.744. The van der Waals surface area contributed by atoms with Gasteiger partial charge in [0.25, 0.3) is 0 Å². The van der Waals surface area contributed by atoms with Crippen molar-refractivity contribution in [2.75, 3.05) is 0 Å². The predicted molar refractivity (Wildman–Crippen MR) is 66.1 cm³/mol. The van der Waals surface area contributed by atoms with Gasteiger partial charge in [0, 0.05) is 17.6 Å². The first-order valence-electron chi connectivity index (χ1n) is 4.54. The van der Waals surface area contributed by atoms with Crippen LogP contribution in [-0.4, -0.2) is 9.78 Å². The van der Waals surface area contributed by atoms with E-state index < -0.39 is 0 Å². The first-order chi connectivity index (χ1) is 7.09. The molecular formula is C11H10BrClN2. The SMILES string of the molecule is Cc1nn(C)c(-c2ccc(Cl)cc2)c1Br. The number of nitrogens with zero attached hydrogens (tertiary/aromatic N) is 2. The molecule has 1 aromatic heterocycles. The zero-order chi connectivity index (χ0) is 11.0. The normalized spacial score (nSPS) is 10.7. The van der Waals surface area contributed by atoms with Crippen molar-refractivity contribution in [2.45, 2.75) is 6.92 Å². The molecule has 4 heteroatoms. The van der Waals surface area contributed by atoms with Crippen LogP contribution in [0.4, 0.5) is 0 Å². The Morgan fingerprint density at radius 3 is 2.33 bits per heavy atom. The van der Waals surface area contributed by atoms with Gasteiger partial charge in [-0.1, -0.05) is 23.7 Å². The second-order valence-corrected chi connectivity index (χ2v) is 4.61. The molecule has 78 valence electrons. The quantitative estimate of drug-likeness (QED) is 0.779. The fraction of sp³-hybridized carbons (Fsp3) is 0.182. The Kier molecular flexibility index (Phi) is 2.85. The largest absolute Gasteiger partial charge is 0.266 e. The van der Waals surface area contributed by atoms with E-state index in [1.165, 1.54) is 0 Å². The average molecular weight is 286 g/mol. The van der Waals surface area contributed by atoms with E-state index >= 15 is 0 Å². The fourth-order valence-electron chi connectivity index (χ4n) is 1.55. The first kappa shape index (κ1) is 10.7. The van der Waals surface area contributed by atoms with Crippen LogP contribution < -0.4 is 0 Å². The molecule has 0 spiro atoms. The van der Waals surface area contributed by atoms with Gasteiger partial charge < -0.3 is 0 Å². The third-order valence-corrected chi connectivity index (χ3v) is 3.47. The van der Waals surface area contributed by atoms with Gasteiger partial charge in [0.05, 0.1) is 15.9 Å². The lowest BCUT2D eigenvalue weighted by Crippen LogP contribution is -1.93. The molecule has 1 aromatic carbocycles. The number of rotatable bonds is 1. The molecule has 0 aliphatic rings. The Hall–Kier alpha value is -0.800. The summed E-state index contributed by atoms with van der Waals surface area (Å²) in [6.07, 6.45) is 0. The van der Waals surface area contributed by atoms with Crippen LogP contribution in [0.1, 0.15) is 5.69 Å². The molecule has 2 nitrogen and oxygen atoms in total. The van der Waals surface area contributed by atoms with Crippen LogP contribution in [0.2, 0.25) is 5.02 Å². The number of benzene rings is 1. The average Bonchev–Trinajstić information content (AvgIpc) is 2.44. The highest BCUT2D eigenvalue weighted by atomic mass is 79.9. The molecule has 1 heterocycles. The molecular weight excluding hydrogens is 275 g/mol. The van der Waals surface area contributed by atoms with Crippen LogP contribution in [0.25, 0.3) is 11.3 Å². The minimum atomic E-state index is 0.744. The molecule has 0 aliphatic carbocycles. The van der Waals surface area contributed by atoms with Crippen LogP contribution in [0.15, 0.2) is 28.7 Å². The van der Waals surface area contributed by atoms with Crippen molar-refractivity contribution >= 4 is 27.5 Å². The van der Waals surface area contributed by atoms with Crippen LogP contribution in [0, 0.1) is 6.92 Å². The summed E-state index contributed by atoms with van der Waals surface area (Å²) in [6, 6.07) is 7.74. The Morgan fingerprint density at radius 1 is 1.27 bits per heavy atom. The maximum absolute atomic E-state index is 5.85. The standard InChI is InChI=1S/C11H10BrClN2/c1-7-10(12)11(15(2)14-7)8-3-5-9(13)6-4-8/h3-6H,1-2H3. The maximum atomic E-state index is 5.85. The predicted octanol–water partition coefficient (Wildman–Crippen LogP) is 3.81. The van der Waals surface area contributed by atoms with Gasteiger partial charge in [-0.25, -0.2) is 0 Å². The van der Waals surface area contributed by atoms with E-state index in [2.05, 4.69) is 21.0 Å². The van der Waals surface area contributed by atoms with Gasteiger partial charge in [-0.05, 0) is 35.0 Å². The van der Waals surface area contributed by atoms with E-state index in [4.69, 9.17) is 11.6 Å². The van der Waals surface area contributed by atoms with Crippen LogP contribution in [0.5, 0.6) is 0 Å².